The summed E-state index contributed by atoms with van der Waals surface area (Å²) in [5, 5.41) is 0.393. The molecular weight excluding hydrogens is 298 g/mol. The van der Waals surface area contributed by atoms with Gasteiger partial charge in [0.05, 0.1) is 0 Å². The molecule has 0 saturated heterocycles. The van der Waals surface area contributed by atoms with E-state index in [0.717, 1.165) is 10.0 Å². The highest BCUT2D eigenvalue weighted by atomic mass is 127. The monoisotopic (exact) mass is 306 g/mol. The molecule has 0 bridgehead atoms. The second-order valence-corrected chi connectivity index (χ2v) is 3.57. The molecule has 0 heterocycles. The molecular formula is C6H9Cl2IN2. The minimum Gasteiger partial charge on any atom is -0.404 e. The van der Waals surface area contributed by atoms with Gasteiger partial charge in [0.25, 0.3) is 0 Å². The third kappa shape index (κ3) is 4.87. The van der Waals surface area contributed by atoms with Crippen LogP contribution in [0.25, 0.3) is 0 Å². The first-order valence-corrected chi connectivity index (χ1v) is 5.30. The Labute approximate surface area is 90.0 Å². The smallest absolute Gasteiger partial charge is 0.130 e. The number of aliphatic imine (C=N–C) groups is 1. The van der Waals surface area contributed by atoms with E-state index in [9.17, 15) is 0 Å². The summed E-state index contributed by atoms with van der Waals surface area (Å²) >= 11 is 13.5. The van der Waals surface area contributed by atoms with Gasteiger partial charge in [-0.05, 0) is 6.92 Å². The fourth-order valence-electron chi connectivity index (χ4n) is 0.408. The average molecular weight is 307 g/mol. The van der Waals surface area contributed by atoms with E-state index in [1.54, 1.807) is 6.92 Å². The zero-order valence-electron chi connectivity index (χ0n) is 6.02. The summed E-state index contributed by atoms with van der Waals surface area (Å²) in [5.41, 5.74) is 5.78. The number of hydrogen-bond acceptors (Lipinski definition) is 2. The van der Waals surface area contributed by atoms with Crippen LogP contribution in [0.3, 0.4) is 0 Å². The second kappa shape index (κ2) is 6.08. The van der Waals surface area contributed by atoms with Gasteiger partial charge in [0.2, 0.25) is 0 Å². The van der Waals surface area contributed by atoms with Crippen molar-refractivity contribution in [2.24, 2.45) is 10.7 Å². The SMILES string of the molecule is CC(Cl)N=C(Cl)/C(=C\N)CI. The molecule has 0 aromatic rings. The average Bonchev–Trinajstić information content (AvgIpc) is 1.88. The Morgan fingerprint density at radius 2 is 2.36 bits per heavy atom. The Bertz CT molecular complexity index is 177. The van der Waals surface area contributed by atoms with Crippen molar-refractivity contribution < 1.29 is 0 Å². The summed E-state index contributed by atoms with van der Waals surface area (Å²) in [6.07, 6.45) is 1.44. The normalized spacial score (nSPS) is 16.7. The molecule has 0 aromatic heterocycles. The van der Waals surface area contributed by atoms with Crippen molar-refractivity contribution in [1.29, 1.82) is 0 Å². The fraction of sp³-hybridized carbons (Fsp3) is 0.500. The third-order valence-corrected chi connectivity index (χ3v) is 2.16. The Morgan fingerprint density at radius 3 is 2.64 bits per heavy atom. The zero-order valence-corrected chi connectivity index (χ0v) is 9.69. The van der Waals surface area contributed by atoms with Crippen LogP contribution < -0.4 is 5.73 Å². The van der Waals surface area contributed by atoms with Crippen LogP contribution in [0, 0.1) is 0 Å². The number of nitrogens with zero attached hydrogens (tertiary/aromatic N) is 1. The molecule has 0 saturated carbocycles. The first-order valence-electron chi connectivity index (χ1n) is 2.96. The molecule has 0 fully saturated rings. The summed E-state index contributed by atoms with van der Waals surface area (Å²) in [5.74, 6) is 0. The van der Waals surface area contributed by atoms with Crippen LogP contribution in [0.5, 0.6) is 0 Å². The van der Waals surface area contributed by atoms with Crippen molar-refractivity contribution in [2.45, 2.75) is 12.4 Å². The molecule has 2 nitrogen and oxygen atoms in total. The molecule has 0 spiro atoms. The molecule has 1 atom stereocenters. The first kappa shape index (κ1) is 11.5. The number of nitrogens with two attached hydrogens (primary N) is 1. The first-order chi connectivity index (χ1) is 5.11. The molecule has 0 aliphatic heterocycles. The number of halogens is 3. The molecule has 0 aliphatic rings. The predicted octanol–water partition coefficient (Wildman–Crippen LogP) is 2.49. The van der Waals surface area contributed by atoms with Crippen LogP contribution in [-0.2, 0) is 0 Å². The van der Waals surface area contributed by atoms with Gasteiger partial charge in [0, 0.05) is 16.2 Å². The molecule has 5 heteroatoms. The van der Waals surface area contributed by atoms with Crippen LogP contribution in [0.4, 0.5) is 0 Å². The lowest BCUT2D eigenvalue weighted by molar-refractivity contribution is 1.03. The topological polar surface area (TPSA) is 38.4 Å². The highest BCUT2D eigenvalue weighted by Gasteiger charge is 2.02. The van der Waals surface area contributed by atoms with E-state index in [0.29, 0.717) is 5.17 Å². The van der Waals surface area contributed by atoms with E-state index in [-0.39, 0.29) is 5.50 Å². The van der Waals surface area contributed by atoms with Gasteiger partial charge >= 0.3 is 0 Å². The van der Waals surface area contributed by atoms with E-state index < -0.39 is 0 Å². The summed E-state index contributed by atoms with van der Waals surface area (Å²) in [4.78, 5) is 3.91. The van der Waals surface area contributed by atoms with E-state index in [4.69, 9.17) is 28.9 Å². The summed E-state index contributed by atoms with van der Waals surface area (Å²) < 4.78 is 0.736. The van der Waals surface area contributed by atoms with Gasteiger partial charge < -0.3 is 5.73 Å². The number of alkyl halides is 2. The number of allylic oxidation sites excluding steroid dienone is 1. The van der Waals surface area contributed by atoms with Crippen molar-refractivity contribution in [1.82, 2.24) is 0 Å². The molecule has 0 rings (SSSR count). The van der Waals surface area contributed by atoms with Crippen LogP contribution in [0.1, 0.15) is 6.92 Å². The van der Waals surface area contributed by atoms with Gasteiger partial charge in [-0.1, -0.05) is 45.8 Å². The summed E-state index contributed by atoms with van der Waals surface area (Å²) in [7, 11) is 0. The molecule has 2 N–H and O–H groups in total. The Morgan fingerprint density at radius 1 is 1.82 bits per heavy atom. The minimum absolute atomic E-state index is 0.305. The number of rotatable bonds is 3. The molecule has 0 aliphatic carbocycles. The lowest BCUT2D eigenvalue weighted by Crippen LogP contribution is -2.01. The molecule has 1 unspecified atom stereocenters. The quantitative estimate of drug-likeness (QED) is 0.370. The highest BCUT2D eigenvalue weighted by molar-refractivity contribution is 14.1. The van der Waals surface area contributed by atoms with Crippen LogP contribution >= 0.6 is 45.8 Å². The fourth-order valence-corrected chi connectivity index (χ4v) is 1.67. The molecule has 64 valence electrons. The van der Waals surface area contributed by atoms with Crippen molar-refractivity contribution in [2.75, 3.05) is 4.43 Å². The summed E-state index contributed by atoms with van der Waals surface area (Å²) in [6.45, 7) is 1.74. The standard InChI is InChI=1S/C6H9Cl2IN2/c1-4(7)11-6(8)5(2-9)3-10/h3-4H,2,10H2,1H3/b5-3-,11-6?. The molecule has 0 amide bonds. The van der Waals surface area contributed by atoms with Crippen LogP contribution in [0.15, 0.2) is 16.8 Å². The lowest BCUT2D eigenvalue weighted by atomic mass is 10.4. The van der Waals surface area contributed by atoms with Crippen LogP contribution in [0.2, 0.25) is 0 Å². The maximum atomic E-state index is 5.75. The van der Waals surface area contributed by atoms with Gasteiger partial charge in [-0.25, -0.2) is 0 Å². The van der Waals surface area contributed by atoms with Crippen LogP contribution in [-0.4, -0.2) is 15.1 Å². The Hall–Kier alpha value is 0.520. The lowest BCUT2D eigenvalue weighted by Gasteiger charge is -2.00. The maximum Gasteiger partial charge on any atom is 0.130 e. The zero-order chi connectivity index (χ0) is 8.85. The second-order valence-electron chi connectivity index (χ2n) is 1.82. The number of hydrogen-bond donors (Lipinski definition) is 1. The van der Waals surface area contributed by atoms with E-state index >= 15 is 0 Å². The van der Waals surface area contributed by atoms with Crippen molar-refractivity contribution in [3.63, 3.8) is 0 Å². The summed E-state index contributed by atoms with van der Waals surface area (Å²) in [6, 6.07) is 0. The highest BCUT2D eigenvalue weighted by Crippen LogP contribution is 2.08. The van der Waals surface area contributed by atoms with Gasteiger partial charge in [-0.3, -0.25) is 4.99 Å². The van der Waals surface area contributed by atoms with E-state index in [2.05, 4.69) is 27.6 Å². The van der Waals surface area contributed by atoms with Crippen molar-refractivity contribution >= 4 is 51.0 Å². The van der Waals surface area contributed by atoms with Gasteiger partial charge in [0.15, 0.2) is 0 Å². The molecule has 0 aromatic carbocycles. The van der Waals surface area contributed by atoms with Gasteiger partial charge in [0.1, 0.15) is 10.7 Å². The van der Waals surface area contributed by atoms with Gasteiger partial charge in [-0.2, -0.15) is 0 Å². The maximum absolute atomic E-state index is 5.75. The van der Waals surface area contributed by atoms with E-state index in [1.807, 2.05) is 0 Å². The van der Waals surface area contributed by atoms with Gasteiger partial charge in [-0.15, -0.1) is 0 Å². The predicted molar refractivity (Wildman–Crippen MR) is 59.8 cm³/mol. The van der Waals surface area contributed by atoms with E-state index in [1.165, 1.54) is 6.20 Å². The Balaban J connectivity index is 4.32. The van der Waals surface area contributed by atoms with Crippen molar-refractivity contribution in [3.05, 3.63) is 11.8 Å². The molecule has 11 heavy (non-hydrogen) atoms. The Kier molecular flexibility index (Phi) is 6.37. The van der Waals surface area contributed by atoms with Crippen molar-refractivity contribution in [3.8, 4) is 0 Å². The third-order valence-electron chi connectivity index (χ3n) is 0.901. The molecule has 0 radical (unpaired) electrons. The minimum atomic E-state index is -0.305. The largest absolute Gasteiger partial charge is 0.404 e.